The van der Waals surface area contributed by atoms with Crippen LogP contribution in [0, 0.1) is 5.82 Å². The van der Waals surface area contributed by atoms with Gasteiger partial charge >= 0.3 is 0 Å². The number of hydrogen-bond donors (Lipinski definition) is 1. The van der Waals surface area contributed by atoms with Crippen molar-refractivity contribution >= 4 is 17.2 Å². The standard InChI is InChI=1S/C15H21FN2OS/c1-18(10-12-4-2-3-7-19-12)9-11-5-6-14(16)13(8-11)15(17)20/h5-6,8,12H,2-4,7,9-10H2,1H3,(H2,17,20). The molecule has 110 valence electrons. The monoisotopic (exact) mass is 296 g/mol. The van der Waals surface area contributed by atoms with E-state index in [-0.39, 0.29) is 10.8 Å². The fourth-order valence-electron chi connectivity index (χ4n) is 2.53. The zero-order valence-corrected chi connectivity index (χ0v) is 12.6. The van der Waals surface area contributed by atoms with Gasteiger partial charge in [0, 0.05) is 25.3 Å². The zero-order chi connectivity index (χ0) is 14.5. The van der Waals surface area contributed by atoms with Crippen LogP contribution in [0.3, 0.4) is 0 Å². The second-order valence-electron chi connectivity index (χ2n) is 5.36. The molecule has 20 heavy (non-hydrogen) atoms. The quantitative estimate of drug-likeness (QED) is 0.847. The molecule has 2 rings (SSSR count). The van der Waals surface area contributed by atoms with Crippen molar-refractivity contribution in [1.82, 2.24) is 4.90 Å². The van der Waals surface area contributed by atoms with Crippen molar-refractivity contribution in [3.63, 3.8) is 0 Å². The number of halogens is 1. The number of benzene rings is 1. The van der Waals surface area contributed by atoms with E-state index in [0.717, 1.165) is 38.1 Å². The van der Waals surface area contributed by atoms with Gasteiger partial charge in [-0.05, 0) is 44.0 Å². The highest BCUT2D eigenvalue weighted by atomic mass is 32.1. The van der Waals surface area contributed by atoms with Gasteiger partial charge in [-0.2, -0.15) is 0 Å². The number of rotatable bonds is 5. The van der Waals surface area contributed by atoms with Gasteiger partial charge in [-0.15, -0.1) is 0 Å². The lowest BCUT2D eigenvalue weighted by atomic mass is 10.1. The molecule has 1 aliphatic heterocycles. The molecule has 1 aliphatic rings. The molecule has 0 spiro atoms. The predicted molar refractivity (Wildman–Crippen MR) is 82.2 cm³/mol. The summed E-state index contributed by atoms with van der Waals surface area (Å²) in [6.45, 7) is 2.48. The summed E-state index contributed by atoms with van der Waals surface area (Å²) < 4.78 is 19.3. The summed E-state index contributed by atoms with van der Waals surface area (Å²) in [7, 11) is 2.04. The molecular formula is C15H21FN2OS. The van der Waals surface area contributed by atoms with E-state index >= 15 is 0 Å². The highest BCUT2D eigenvalue weighted by Gasteiger charge is 2.16. The first kappa shape index (κ1) is 15.4. The number of nitrogens with zero attached hydrogens (tertiary/aromatic N) is 1. The number of nitrogens with two attached hydrogens (primary N) is 1. The fraction of sp³-hybridized carbons (Fsp3) is 0.533. The van der Waals surface area contributed by atoms with Gasteiger partial charge in [0.05, 0.1) is 6.10 Å². The maximum absolute atomic E-state index is 13.5. The molecule has 2 N–H and O–H groups in total. The molecule has 1 saturated heterocycles. The predicted octanol–water partition coefficient (Wildman–Crippen LogP) is 2.46. The van der Waals surface area contributed by atoms with Gasteiger partial charge in [0.15, 0.2) is 0 Å². The molecule has 0 aliphatic carbocycles. The van der Waals surface area contributed by atoms with E-state index in [1.165, 1.54) is 12.5 Å². The second-order valence-corrected chi connectivity index (χ2v) is 5.80. The number of thiocarbonyl (C=S) groups is 1. The molecule has 1 heterocycles. The van der Waals surface area contributed by atoms with Crippen LogP contribution < -0.4 is 5.73 Å². The summed E-state index contributed by atoms with van der Waals surface area (Å²) in [6, 6.07) is 4.93. The smallest absolute Gasteiger partial charge is 0.133 e. The third kappa shape index (κ3) is 4.23. The highest BCUT2D eigenvalue weighted by Crippen LogP contribution is 2.16. The van der Waals surface area contributed by atoms with Crippen molar-refractivity contribution in [3.05, 3.63) is 35.1 Å². The molecule has 1 unspecified atom stereocenters. The highest BCUT2D eigenvalue weighted by molar-refractivity contribution is 7.80. The Balaban J connectivity index is 1.95. The first-order valence-electron chi connectivity index (χ1n) is 6.94. The number of likely N-dealkylation sites (N-methyl/N-ethyl adjacent to an activating group) is 1. The number of ether oxygens (including phenoxy) is 1. The summed E-state index contributed by atoms with van der Waals surface area (Å²) in [5.41, 5.74) is 6.85. The van der Waals surface area contributed by atoms with Crippen molar-refractivity contribution in [1.29, 1.82) is 0 Å². The number of hydrogen-bond acceptors (Lipinski definition) is 3. The lowest BCUT2D eigenvalue weighted by molar-refractivity contribution is -0.00259. The Morgan fingerprint density at radius 1 is 1.50 bits per heavy atom. The molecule has 0 amide bonds. The Bertz CT molecular complexity index is 475. The van der Waals surface area contributed by atoms with E-state index in [9.17, 15) is 4.39 Å². The lowest BCUT2D eigenvalue weighted by Crippen LogP contribution is -2.33. The molecule has 3 nitrogen and oxygen atoms in total. The van der Waals surface area contributed by atoms with Crippen molar-refractivity contribution in [2.75, 3.05) is 20.2 Å². The Labute approximate surface area is 124 Å². The molecule has 0 radical (unpaired) electrons. The normalized spacial score (nSPS) is 19.2. The maximum Gasteiger partial charge on any atom is 0.133 e. The Morgan fingerprint density at radius 3 is 2.95 bits per heavy atom. The van der Waals surface area contributed by atoms with Gasteiger partial charge in [0.2, 0.25) is 0 Å². The Hall–Kier alpha value is -1.04. The summed E-state index contributed by atoms with van der Waals surface area (Å²) in [6.07, 6.45) is 3.83. The molecule has 1 atom stereocenters. The van der Waals surface area contributed by atoms with Crippen LogP contribution in [0.2, 0.25) is 0 Å². The Morgan fingerprint density at radius 2 is 2.30 bits per heavy atom. The molecule has 0 aromatic heterocycles. The minimum Gasteiger partial charge on any atom is -0.389 e. The van der Waals surface area contributed by atoms with Gasteiger partial charge in [0.1, 0.15) is 10.8 Å². The van der Waals surface area contributed by atoms with Gasteiger partial charge in [-0.1, -0.05) is 18.3 Å². The maximum atomic E-state index is 13.5. The van der Waals surface area contributed by atoms with E-state index in [1.54, 1.807) is 12.1 Å². The van der Waals surface area contributed by atoms with Crippen LogP contribution in [0.25, 0.3) is 0 Å². The lowest BCUT2D eigenvalue weighted by Gasteiger charge is -2.27. The van der Waals surface area contributed by atoms with E-state index < -0.39 is 0 Å². The summed E-state index contributed by atoms with van der Waals surface area (Å²) >= 11 is 4.86. The van der Waals surface area contributed by atoms with Crippen molar-refractivity contribution in [2.45, 2.75) is 31.9 Å². The molecule has 1 fully saturated rings. The topological polar surface area (TPSA) is 38.5 Å². The second kappa shape index (κ2) is 7.11. The van der Waals surface area contributed by atoms with Gasteiger partial charge in [-0.25, -0.2) is 4.39 Å². The van der Waals surface area contributed by atoms with Crippen LogP contribution in [0.15, 0.2) is 18.2 Å². The fourth-order valence-corrected chi connectivity index (χ4v) is 2.69. The minimum absolute atomic E-state index is 0.0996. The molecule has 0 bridgehead atoms. The summed E-state index contributed by atoms with van der Waals surface area (Å²) in [5, 5.41) is 0. The van der Waals surface area contributed by atoms with Crippen molar-refractivity contribution in [2.24, 2.45) is 5.73 Å². The average Bonchev–Trinajstić information content (AvgIpc) is 2.41. The van der Waals surface area contributed by atoms with Crippen molar-refractivity contribution in [3.8, 4) is 0 Å². The zero-order valence-electron chi connectivity index (χ0n) is 11.8. The van der Waals surface area contributed by atoms with Gasteiger partial charge < -0.3 is 10.5 Å². The molecule has 0 saturated carbocycles. The van der Waals surface area contributed by atoms with Crippen LogP contribution >= 0.6 is 12.2 Å². The molecule has 5 heteroatoms. The summed E-state index contributed by atoms with van der Waals surface area (Å²) in [4.78, 5) is 2.29. The first-order valence-corrected chi connectivity index (χ1v) is 7.35. The van der Waals surface area contributed by atoms with Crippen LogP contribution in [0.5, 0.6) is 0 Å². The molecular weight excluding hydrogens is 275 g/mol. The Kier molecular flexibility index (Phi) is 5.46. The van der Waals surface area contributed by atoms with Gasteiger partial charge in [0.25, 0.3) is 0 Å². The minimum atomic E-state index is -0.362. The van der Waals surface area contributed by atoms with E-state index in [2.05, 4.69) is 4.90 Å². The van der Waals surface area contributed by atoms with E-state index in [0.29, 0.717) is 11.7 Å². The average molecular weight is 296 g/mol. The largest absolute Gasteiger partial charge is 0.389 e. The summed E-state index contributed by atoms with van der Waals surface area (Å²) in [5.74, 6) is -0.362. The van der Waals surface area contributed by atoms with Crippen LogP contribution in [-0.4, -0.2) is 36.2 Å². The van der Waals surface area contributed by atoms with Crippen LogP contribution in [-0.2, 0) is 11.3 Å². The SMILES string of the molecule is CN(Cc1ccc(F)c(C(N)=S)c1)CC1CCCCO1. The van der Waals surface area contributed by atoms with Crippen LogP contribution in [0.4, 0.5) is 4.39 Å². The third-order valence-corrected chi connectivity index (χ3v) is 3.76. The van der Waals surface area contributed by atoms with Crippen LogP contribution in [0.1, 0.15) is 30.4 Å². The molecule has 1 aromatic rings. The van der Waals surface area contributed by atoms with Gasteiger partial charge in [-0.3, -0.25) is 4.90 Å². The van der Waals surface area contributed by atoms with E-state index in [4.69, 9.17) is 22.7 Å². The molecule has 1 aromatic carbocycles. The van der Waals surface area contributed by atoms with E-state index in [1.807, 2.05) is 7.05 Å². The third-order valence-electron chi connectivity index (χ3n) is 3.54. The van der Waals surface area contributed by atoms with Crippen molar-refractivity contribution < 1.29 is 9.13 Å². The first-order chi connectivity index (χ1) is 9.56.